The summed E-state index contributed by atoms with van der Waals surface area (Å²) in [4.78, 5) is 7.41. The lowest BCUT2D eigenvalue weighted by molar-refractivity contribution is 0.442. The molecule has 0 bridgehead atoms. The van der Waals surface area contributed by atoms with Gasteiger partial charge in [0.25, 0.3) is 0 Å². The molecule has 0 amide bonds. The molecule has 0 aromatic carbocycles. The van der Waals surface area contributed by atoms with E-state index in [0.717, 1.165) is 18.2 Å². The van der Waals surface area contributed by atoms with Crippen LogP contribution in [0.2, 0.25) is 0 Å². The lowest BCUT2D eigenvalue weighted by Crippen LogP contribution is -2.28. The van der Waals surface area contributed by atoms with Gasteiger partial charge >= 0.3 is 0 Å². The van der Waals surface area contributed by atoms with Crippen molar-refractivity contribution in [3.05, 3.63) is 17.7 Å². The Labute approximate surface area is 91.7 Å². The predicted octanol–water partition coefficient (Wildman–Crippen LogP) is 2.39. The number of nitrogens with zero attached hydrogens (tertiary/aromatic N) is 1. The maximum absolute atomic E-state index is 4.30. The van der Waals surface area contributed by atoms with Crippen molar-refractivity contribution in [2.45, 2.75) is 52.1 Å². The minimum Gasteiger partial charge on any atom is -0.348 e. The van der Waals surface area contributed by atoms with Crippen LogP contribution in [0.3, 0.4) is 0 Å². The number of aromatic amines is 1. The third-order valence-corrected chi connectivity index (χ3v) is 3.30. The van der Waals surface area contributed by atoms with Gasteiger partial charge in [0.15, 0.2) is 0 Å². The number of rotatable bonds is 6. The zero-order chi connectivity index (χ0) is 10.7. The molecule has 0 saturated heterocycles. The van der Waals surface area contributed by atoms with E-state index in [4.69, 9.17) is 0 Å². The minimum absolute atomic E-state index is 0.675. The van der Waals surface area contributed by atoms with Gasteiger partial charge in [0, 0.05) is 18.3 Å². The second kappa shape index (κ2) is 4.79. The van der Waals surface area contributed by atoms with Crippen LogP contribution in [-0.2, 0) is 6.54 Å². The Balaban J connectivity index is 1.77. The molecule has 2 rings (SSSR count). The van der Waals surface area contributed by atoms with Gasteiger partial charge in [-0.1, -0.05) is 19.8 Å². The Bertz CT molecular complexity index is 302. The summed E-state index contributed by atoms with van der Waals surface area (Å²) in [6, 6.07) is 0.675. The van der Waals surface area contributed by atoms with Crippen LogP contribution in [0.1, 0.15) is 44.0 Å². The second-order valence-electron chi connectivity index (χ2n) is 4.64. The summed E-state index contributed by atoms with van der Waals surface area (Å²) in [6.45, 7) is 5.24. The SMILES string of the molecule is CCC(CC1CC1)NCc1nc[nH]c1C. The van der Waals surface area contributed by atoms with E-state index >= 15 is 0 Å². The van der Waals surface area contributed by atoms with Crippen molar-refractivity contribution in [3.63, 3.8) is 0 Å². The van der Waals surface area contributed by atoms with E-state index in [1.54, 1.807) is 6.33 Å². The first-order valence-corrected chi connectivity index (χ1v) is 6.01. The van der Waals surface area contributed by atoms with Crippen molar-refractivity contribution in [1.29, 1.82) is 0 Å². The molecule has 1 atom stereocenters. The zero-order valence-electron chi connectivity index (χ0n) is 9.71. The van der Waals surface area contributed by atoms with Crippen LogP contribution < -0.4 is 5.32 Å². The summed E-state index contributed by atoms with van der Waals surface area (Å²) in [5.74, 6) is 1.00. The van der Waals surface area contributed by atoms with E-state index in [1.165, 1.54) is 31.4 Å². The summed E-state index contributed by atoms with van der Waals surface area (Å²) < 4.78 is 0. The zero-order valence-corrected chi connectivity index (χ0v) is 9.71. The molecule has 0 radical (unpaired) electrons. The van der Waals surface area contributed by atoms with Gasteiger partial charge in [-0.15, -0.1) is 0 Å². The monoisotopic (exact) mass is 207 g/mol. The predicted molar refractivity (Wildman–Crippen MR) is 61.6 cm³/mol. The van der Waals surface area contributed by atoms with Crippen molar-refractivity contribution in [1.82, 2.24) is 15.3 Å². The first-order valence-electron chi connectivity index (χ1n) is 6.01. The van der Waals surface area contributed by atoms with Gasteiger partial charge in [-0.3, -0.25) is 0 Å². The largest absolute Gasteiger partial charge is 0.348 e. The second-order valence-corrected chi connectivity index (χ2v) is 4.64. The minimum atomic E-state index is 0.675. The fourth-order valence-electron chi connectivity index (χ4n) is 1.96. The maximum atomic E-state index is 4.30. The first-order chi connectivity index (χ1) is 7.29. The third kappa shape index (κ3) is 3.06. The molecule has 1 heterocycles. The molecule has 0 aliphatic heterocycles. The Morgan fingerprint density at radius 3 is 2.93 bits per heavy atom. The molecule has 84 valence electrons. The fraction of sp³-hybridized carbons (Fsp3) is 0.750. The molecular weight excluding hydrogens is 186 g/mol. The van der Waals surface area contributed by atoms with E-state index in [-0.39, 0.29) is 0 Å². The smallest absolute Gasteiger partial charge is 0.0925 e. The van der Waals surface area contributed by atoms with Gasteiger partial charge in [0.2, 0.25) is 0 Å². The molecule has 15 heavy (non-hydrogen) atoms. The number of aryl methyl sites for hydroxylation is 1. The van der Waals surface area contributed by atoms with E-state index in [1.807, 2.05) is 0 Å². The number of H-pyrrole nitrogens is 1. The van der Waals surface area contributed by atoms with Gasteiger partial charge in [-0.25, -0.2) is 4.98 Å². The summed E-state index contributed by atoms with van der Waals surface area (Å²) in [5.41, 5.74) is 2.34. The van der Waals surface area contributed by atoms with Gasteiger partial charge in [0.05, 0.1) is 12.0 Å². The average molecular weight is 207 g/mol. The topological polar surface area (TPSA) is 40.7 Å². The van der Waals surface area contributed by atoms with Crippen molar-refractivity contribution in [2.75, 3.05) is 0 Å². The molecule has 3 heteroatoms. The Morgan fingerprint density at radius 1 is 1.60 bits per heavy atom. The Hall–Kier alpha value is -0.830. The maximum Gasteiger partial charge on any atom is 0.0925 e. The molecule has 2 N–H and O–H groups in total. The van der Waals surface area contributed by atoms with E-state index in [0.29, 0.717) is 6.04 Å². The summed E-state index contributed by atoms with van der Waals surface area (Å²) in [6.07, 6.45) is 7.23. The van der Waals surface area contributed by atoms with E-state index in [2.05, 4.69) is 29.1 Å². The molecule has 1 unspecified atom stereocenters. The molecule has 0 spiro atoms. The average Bonchev–Trinajstić information content (AvgIpc) is 2.96. The lowest BCUT2D eigenvalue weighted by atomic mass is 10.1. The molecule has 1 fully saturated rings. The van der Waals surface area contributed by atoms with Crippen LogP contribution in [0.25, 0.3) is 0 Å². The lowest BCUT2D eigenvalue weighted by Gasteiger charge is -2.15. The van der Waals surface area contributed by atoms with Crippen LogP contribution >= 0.6 is 0 Å². The molecular formula is C12H21N3. The highest BCUT2D eigenvalue weighted by Crippen LogP contribution is 2.34. The number of nitrogens with one attached hydrogen (secondary N) is 2. The molecule has 1 saturated carbocycles. The Kier molecular flexibility index (Phi) is 3.41. The van der Waals surface area contributed by atoms with Gasteiger partial charge < -0.3 is 10.3 Å². The van der Waals surface area contributed by atoms with Crippen LogP contribution in [0, 0.1) is 12.8 Å². The third-order valence-electron chi connectivity index (χ3n) is 3.30. The van der Waals surface area contributed by atoms with Crippen molar-refractivity contribution < 1.29 is 0 Å². The summed E-state index contributed by atoms with van der Waals surface area (Å²) in [7, 11) is 0. The molecule has 1 aromatic rings. The first kappa shape index (κ1) is 10.7. The van der Waals surface area contributed by atoms with Crippen LogP contribution in [0.4, 0.5) is 0 Å². The van der Waals surface area contributed by atoms with Crippen LogP contribution in [0.5, 0.6) is 0 Å². The standard InChI is InChI=1S/C12H21N3/c1-3-11(6-10-4-5-10)13-7-12-9(2)14-8-15-12/h8,10-11,13H,3-7H2,1-2H3,(H,14,15). The fourth-order valence-corrected chi connectivity index (χ4v) is 1.96. The number of hydrogen-bond donors (Lipinski definition) is 2. The summed E-state index contributed by atoms with van der Waals surface area (Å²) in [5, 5.41) is 3.60. The van der Waals surface area contributed by atoms with Crippen molar-refractivity contribution in [2.24, 2.45) is 5.92 Å². The van der Waals surface area contributed by atoms with E-state index < -0.39 is 0 Å². The molecule has 1 aliphatic carbocycles. The normalized spacial score (nSPS) is 18.0. The highest BCUT2D eigenvalue weighted by molar-refractivity contribution is 5.08. The number of imidazole rings is 1. The van der Waals surface area contributed by atoms with Crippen molar-refractivity contribution >= 4 is 0 Å². The summed E-state index contributed by atoms with van der Waals surface area (Å²) >= 11 is 0. The molecule has 3 nitrogen and oxygen atoms in total. The highest BCUT2D eigenvalue weighted by Gasteiger charge is 2.24. The van der Waals surface area contributed by atoms with Gasteiger partial charge in [-0.05, 0) is 25.7 Å². The molecule has 1 aromatic heterocycles. The Morgan fingerprint density at radius 2 is 2.40 bits per heavy atom. The van der Waals surface area contributed by atoms with Crippen LogP contribution in [-0.4, -0.2) is 16.0 Å². The number of aromatic nitrogens is 2. The van der Waals surface area contributed by atoms with Crippen LogP contribution in [0.15, 0.2) is 6.33 Å². The highest BCUT2D eigenvalue weighted by atomic mass is 15.0. The van der Waals surface area contributed by atoms with E-state index in [9.17, 15) is 0 Å². The van der Waals surface area contributed by atoms with Crippen molar-refractivity contribution in [3.8, 4) is 0 Å². The number of hydrogen-bond acceptors (Lipinski definition) is 2. The van der Waals surface area contributed by atoms with Gasteiger partial charge in [-0.2, -0.15) is 0 Å². The quantitative estimate of drug-likeness (QED) is 0.752. The van der Waals surface area contributed by atoms with Gasteiger partial charge in [0.1, 0.15) is 0 Å². The molecule has 1 aliphatic rings.